The molecule has 4 rings (SSSR count). The van der Waals surface area contributed by atoms with Crippen LogP contribution in [0.3, 0.4) is 0 Å². The predicted molar refractivity (Wildman–Crippen MR) is 98.5 cm³/mol. The summed E-state index contributed by atoms with van der Waals surface area (Å²) in [4.78, 5) is 18.8. The van der Waals surface area contributed by atoms with Gasteiger partial charge in [0.1, 0.15) is 0 Å². The topological polar surface area (TPSA) is 73.7 Å². The zero-order chi connectivity index (χ0) is 18.3. The molecule has 136 valence electrons. The van der Waals surface area contributed by atoms with E-state index in [1.807, 2.05) is 48.4 Å². The smallest absolute Gasteiger partial charge is 0.253 e. The minimum absolute atomic E-state index is 0.0291. The molecule has 0 bridgehead atoms. The molecule has 1 aliphatic carbocycles. The summed E-state index contributed by atoms with van der Waals surface area (Å²) < 4.78 is 0. The summed E-state index contributed by atoms with van der Waals surface area (Å²) >= 11 is 0. The summed E-state index contributed by atoms with van der Waals surface area (Å²) in [6.07, 6.45) is 3.45. The number of hydrogen-bond donors (Lipinski definition) is 2. The number of carbonyl (C=O) groups excluding carboxylic acids is 1. The highest BCUT2D eigenvalue weighted by molar-refractivity contribution is 5.95. The van der Waals surface area contributed by atoms with Crippen LogP contribution in [0.25, 0.3) is 11.1 Å². The fourth-order valence-electron chi connectivity index (χ4n) is 4.35. The number of likely N-dealkylation sites (tertiary alicyclic amines) is 1. The zero-order valence-electron chi connectivity index (χ0n) is 14.9. The maximum atomic E-state index is 12.9. The van der Waals surface area contributed by atoms with Gasteiger partial charge in [-0.15, -0.1) is 0 Å². The fraction of sp³-hybridized carbons (Fsp3) is 0.429. The van der Waals surface area contributed by atoms with Gasteiger partial charge in [0, 0.05) is 31.0 Å². The highest BCUT2D eigenvalue weighted by Gasteiger charge is 2.42. The van der Waals surface area contributed by atoms with Crippen molar-refractivity contribution in [3.8, 4) is 11.1 Å². The van der Waals surface area contributed by atoms with Gasteiger partial charge in [0.25, 0.3) is 5.91 Å². The number of aromatic nitrogens is 1. The first-order chi connectivity index (χ1) is 12.5. The highest BCUT2D eigenvalue weighted by Crippen LogP contribution is 2.37. The van der Waals surface area contributed by atoms with Crippen LogP contribution in [0.15, 0.2) is 42.7 Å². The molecule has 5 nitrogen and oxygen atoms in total. The molecule has 1 amide bonds. The lowest BCUT2D eigenvalue weighted by molar-refractivity contribution is -0.0372. The summed E-state index contributed by atoms with van der Waals surface area (Å²) in [5.74, 6) is 0.605. The fourth-order valence-corrected chi connectivity index (χ4v) is 4.35. The molecule has 1 saturated heterocycles. The Morgan fingerprint density at radius 3 is 2.23 bits per heavy atom. The van der Waals surface area contributed by atoms with E-state index in [4.69, 9.17) is 0 Å². The molecule has 1 saturated carbocycles. The molecule has 0 radical (unpaired) electrons. The van der Waals surface area contributed by atoms with E-state index in [0.29, 0.717) is 31.5 Å². The van der Waals surface area contributed by atoms with Crippen LogP contribution in [0, 0.1) is 18.8 Å². The van der Waals surface area contributed by atoms with Crippen molar-refractivity contribution in [2.45, 2.75) is 32.0 Å². The molecule has 5 heteroatoms. The Labute approximate surface area is 153 Å². The normalized spacial score (nSPS) is 28.0. The van der Waals surface area contributed by atoms with Crippen molar-refractivity contribution in [3.05, 3.63) is 53.9 Å². The van der Waals surface area contributed by atoms with Gasteiger partial charge in [-0.25, -0.2) is 0 Å². The Bertz CT molecular complexity index is 787. The molecule has 2 heterocycles. The molecule has 1 aliphatic heterocycles. The lowest BCUT2D eigenvalue weighted by Crippen LogP contribution is -2.38. The van der Waals surface area contributed by atoms with Gasteiger partial charge in [-0.2, -0.15) is 0 Å². The van der Waals surface area contributed by atoms with E-state index in [1.165, 1.54) is 0 Å². The number of rotatable bonds is 2. The Kier molecular flexibility index (Phi) is 4.51. The van der Waals surface area contributed by atoms with Crippen molar-refractivity contribution < 1.29 is 15.0 Å². The standard InChI is InChI=1S/C21H24N2O3/c1-13-10-22-7-6-18(13)14-2-4-15(5-3-14)21(26)23-11-16-8-19(24)20(25)9-17(16)12-23/h2-7,10,16-17,19-20,24-25H,8-9,11-12H2,1H3/t16-,17+,19+,20-. The Morgan fingerprint density at radius 2 is 1.65 bits per heavy atom. The third-order valence-electron chi connectivity index (χ3n) is 5.86. The molecule has 1 aromatic carbocycles. The molecule has 26 heavy (non-hydrogen) atoms. The SMILES string of the molecule is Cc1cnccc1-c1ccc(C(=O)N2C[C@H]3C[C@H](O)[C@H](O)C[C@H]3C2)cc1. The maximum Gasteiger partial charge on any atom is 0.253 e. The Morgan fingerprint density at radius 1 is 1.04 bits per heavy atom. The minimum atomic E-state index is -0.658. The lowest BCUT2D eigenvalue weighted by atomic mass is 9.79. The molecular weight excluding hydrogens is 328 g/mol. The van der Waals surface area contributed by atoms with Crippen molar-refractivity contribution in [3.63, 3.8) is 0 Å². The third-order valence-corrected chi connectivity index (χ3v) is 5.86. The number of aryl methyl sites for hydroxylation is 1. The lowest BCUT2D eigenvalue weighted by Gasteiger charge is -2.31. The molecule has 4 atom stereocenters. The van der Waals surface area contributed by atoms with Crippen molar-refractivity contribution in [1.82, 2.24) is 9.88 Å². The first-order valence-electron chi connectivity index (χ1n) is 9.19. The third kappa shape index (κ3) is 3.13. The van der Waals surface area contributed by atoms with Crippen molar-refractivity contribution in [2.75, 3.05) is 13.1 Å². The highest BCUT2D eigenvalue weighted by atomic mass is 16.3. The van der Waals surface area contributed by atoms with Crippen LogP contribution in [0.2, 0.25) is 0 Å². The summed E-state index contributed by atoms with van der Waals surface area (Å²) in [6, 6.07) is 9.69. The minimum Gasteiger partial charge on any atom is -0.390 e. The number of aliphatic hydroxyl groups is 2. The summed E-state index contributed by atoms with van der Waals surface area (Å²) in [6.45, 7) is 3.35. The monoisotopic (exact) mass is 352 g/mol. The van der Waals surface area contributed by atoms with E-state index in [1.54, 1.807) is 6.20 Å². The molecule has 1 aromatic heterocycles. The second kappa shape index (κ2) is 6.82. The van der Waals surface area contributed by atoms with Gasteiger partial charge in [0.05, 0.1) is 12.2 Å². The predicted octanol–water partition coefficient (Wildman–Crippen LogP) is 2.26. The van der Waals surface area contributed by atoms with Crippen LogP contribution in [-0.2, 0) is 0 Å². The first-order valence-corrected chi connectivity index (χ1v) is 9.19. The molecule has 2 fully saturated rings. The number of nitrogens with zero attached hydrogens (tertiary/aromatic N) is 2. The van der Waals surface area contributed by atoms with Gasteiger partial charge in [-0.05, 0) is 66.5 Å². The number of hydrogen-bond acceptors (Lipinski definition) is 4. The molecule has 0 spiro atoms. The number of benzene rings is 1. The van der Waals surface area contributed by atoms with Gasteiger partial charge in [-0.3, -0.25) is 9.78 Å². The quantitative estimate of drug-likeness (QED) is 0.869. The van der Waals surface area contributed by atoms with Crippen LogP contribution in [0.1, 0.15) is 28.8 Å². The summed E-state index contributed by atoms with van der Waals surface area (Å²) in [5.41, 5.74) is 3.98. The molecule has 2 N–H and O–H groups in total. The largest absolute Gasteiger partial charge is 0.390 e. The zero-order valence-corrected chi connectivity index (χ0v) is 14.9. The summed E-state index contributed by atoms with van der Waals surface area (Å²) in [5, 5.41) is 19.7. The average molecular weight is 352 g/mol. The number of aliphatic hydroxyl groups excluding tert-OH is 2. The first kappa shape index (κ1) is 17.2. The van der Waals surface area contributed by atoms with E-state index in [9.17, 15) is 15.0 Å². The second-order valence-corrected chi connectivity index (χ2v) is 7.60. The number of amides is 1. The van der Waals surface area contributed by atoms with Crippen LogP contribution < -0.4 is 0 Å². The van der Waals surface area contributed by atoms with E-state index in [2.05, 4.69) is 4.98 Å². The molecule has 2 aromatic rings. The van der Waals surface area contributed by atoms with Gasteiger partial charge in [0.2, 0.25) is 0 Å². The van der Waals surface area contributed by atoms with Crippen LogP contribution in [-0.4, -0.2) is 51.3 Å². The van der Waals surface area contributed by atoms with E-state index >= 15 is 0 Å². The van der Waals surface area contributed by atoms with Gasteiger partial charge in [-0.1, -0.05) is 12.1 Å². The number of pyridine rings is 1. The average Bonchev–Trinajstić information content (AvgIpc) is 3.05. The maximum absolute atomic E-state index is 12.9. The molecular formula is C21H24N2O3. The molecule has 0 unspecified atom stereocenters. The van der Waals surface area contributed by atoms with Crippen LogP contribution in [0.5, 0.6) is 0 Å². The van der Waals surface area contributed by atoms with Crippen molar-refractivity contribution in [2.24, 2.45) is 11.8 Å². The van der Waals surface area contributed by atoms with Crippen LogP contribution >= 0.6 is 0 Å². The van der Waals surface area contributed by atoms with E-state index in [0.717, 1.165) is 16.7 Å². The van der Waals surface area contributed by atoms with Gasteiger partial charge >= 0.3 is 0 Å². The van der Waals surface area contributed by atoms with Gasteiger partial charge < -0.3 is 15.1 Å². The Balaban J connectivity index is 1.48. The molecule has 2 aliphatic rings. The van der Waals surface area contributed by atoms with E-state index in [-0.39, 0.29) is 17.7 Å². The van der Waals surface area contributed by atoms with Crippen LogP contribution in [0.4, 0.5) is 0 Å². The summed E-state index contributed by atoms with van der Waals surface area (Å²) in [7, 11) is 0. The second-order valence-electron chi connectivity index (χ2n) is 7.60. The van der Waals surface area contributed by atoms with Crippen molar-refractivity contribution in [1.29, 1.82) is 0 Å². The number of fused-ring (bicyclic) bond motifs is 1. The van der Waals surface area contributed by atoms with Gasteiger partial charge in [0.15, 0.2) is 0 Å². The number of carbonyl (C=O) groups is 1. The van der Waals surface area contributed by atoms with E-state index < -0.39 is 12.2 Å². The van der Waals surface area contributed by atoms with Crippen molar-refractivity contribution >= 4 is 5.91 Å². The Hall–Kier alpha value is -2.24.